The summed E-state index contributed by atoms with van der Waals surface area (Å²) in [6.07, 6.45) is 6.93. The van der Waals surface area contributed by atoms with Crippen LogP contribution in [0.3, 0.4) is 0 Å². The SMILES string of the molecule is CC[Si](CC)(C1=Cc2c(cccc2-c2ccc(F)cc2)C1)C1=Cc2c(cccc2-c2ccc(F)cc2)C1. The lowest BCUT2D eigenvalue weighted by molar-refractivity contribution is 0.627. The van der Waals surface area contributed by atoms with Crippen molar-refractivity contribution in [3.8, 4) is 22.3 Å². The molecule has 184 valence electrons. The van der Waals surface area contributed by atoms with Crippen molar-refractivity contribution in [2.75, 3.05) is 0 Å². The van der Waals surface area contributed by atoms with Crippen LogP contribution in [0, 0.1) is 11.6 Å². The molecule has 4 aromatic rings. The Balaban J connectivity index is 1.42. The van der Waals surface area contributed by atoms with Gasteiger partial charge in [-0.05, 0) is 81.6 Å². The average molecular weight is 505 g/mol. The first-order valence-electron chi connectivity index (χ1n) is 13.2. The molecule has 2 aliphatic rings. The van der Waals surface area contributed by atoms with E-state index in [4.69, 9.17) is 0 Å². The molecular weight excluding hydrogens is 474 g/mol. The van der Waals surface area contributed by atoms with E-state index in [-0.39, 0.29) is 11.6 Å². The van der Waals surface area contributed by atoms with E-state index in [0.29, 0.717) is 0 Å². The molecule has 4 aromatic carbocycles. The van der Waals surface area contributed by atoms with Crippen molar-refractivity contribution < 1.29 is 8.78 Å². The Bertz CT molecular complexity index is 1420. The van der Waals surface area contributed by atoms with Gasteiger partial charge in [0.15, 0.2) is 0 Å². The molecule has 0 N–H and O–H groups in total. The van der Waals surface area contributed by atoms with Gasteiger partial charge >= 0.3 is 0 Å². The highest BCUT2D eigenvalue weighted by Gasteiger charge is 2.41. The second kappa shape index (κ2) is 9.39. The number of halogens is 2. The third-order valence-corrected chi connectivity index (χ3v) is 14.1. The molecule has 0 atom stereocenters. The zero-order valence-electron chi connectivity index (χ0n) is 21.3. The van der Waals surface area contributed by atoms with Gasteiger partial charge in [-0.15, -0.1) is 0 Å². The lowest BCUT2D eigenvalue weighted by atomic mass is 9.97. The van der Waals surface area contributed by atoms with Crippen LogP contribution < -0.4 is 0 Å². The van der Waals surface area contributed by atoms with E-state index in [1.807, 2.05) is 24.3 Å². The van der Waals surface area contributed by atoms with E-state index in [9.17, 15) is 8.78 Å². The van der Waals surface area contributed by atoms with Crippen LogP contribution in [-0.4, -0.2) is 8.07 Å². The van der Waals surface area contributed by atoms with Gasteiger partial charge in [0.2, 0.25) is 0 Å². The van der Waals surface area contributed by atoms with E-state index in [2.05, 4.69) is 62.4 Å². The molecule has 0 saturated heterocycles. The zero-order valence-corrected chi connectivity index (χ0v) is 22.3. The maximum absolute atomic E-state index is 13.6. The predicted octanol–water partition coefficient (Wildman–Crippen LogP) is 9.44. The van der Waals surface area contributed by atoms with E-state index in [1.165, 1.54) is 45.5 Å². The van der Waals surface area contributed by atoms with Crippen molar-refractivity contribution in [3.63, 3.8) is 0 Å². The number of rotatable bonds is 6. The minimum Gasteiger partial charge on any atom is -0.207 e. The van der Waals surface area contributed by atoms with Crippen LogP contribution in [0.5, 0.6) is 0 Å². The van der Waals surface area contributed by atoms with Gasteiger partial charge in [0, 0.05) is 0 Å². The minimum absolute atomic E-state index is 0.205. The molecule has 37 heavy (non-hydrogen) atoms. The normalized spacial score (nSPS) is 14.3. The lowest BCUT2D eigenvalue weighted by Crippen LogP contribution is -2.39. The standard InChI is InChI=1S/C34H30F2Si/c1-3-37(4-2,29-19-25-7-5-9-31(33(25)21-29)23-11-15-27(35)16-12-23)30-20-26-8-6-10-32(34(26)22-30)24-13-17-28(36)18-14-24/h5-18,21-22H,3-4,19-20H2,1-2H3. The van der Waals surface area contributed by atoms with Crippen molar-refractivity contribution in [3.05, 3.63) is 129 Å². The molecule has 0 saturated carbocycles. The van der Waals surface area contributed by atoms with Crippen molar-refractivity contribution in [2.24, 2.45) is 0 Å². The van der Waals surface area contributed by atoms with Crippen LogP contribution >= 0.6 is 0 Å². The highest BCUT2D eigenvalue weighted by atomic mass is 28.3. The van der Waals surface area contributed by atoms with Crippen molar-refractivity contribution in [1.82, 2.24) is 0 Å². The van der Waals surface area contributed by atoms with Gasteiger partial charge in [0.25, 0.3) is 0 Å². The Morgan fingerprint density at radius 3 is 1.35 bits per heavy atom. The topological polar surface area (TPSA) is 0 Å². The van der Waals surface area contributed by atoms with Crippen molar-refractivity contribution in [2.45, 2.75) is 38.8 Å². The Labute approximate surface area is 219 Å². The van der Waals surface area contributed by atoms with Crippen LogP contribution in [0.1, 0.15) is 36.1 Å². The molecule has 0 aliphatic heterocycles. The Hall–Kier alpha value is -3.56. The van der Waals surface area contributed by atoms with Gasteiger partial charge in [0.1, 0.15) is 19.7 Å². The summed E-state index contributed by atoms with van der Waals surface area (Å²) in [4.78, 5) is 0. The van der Waals surface area contributed by atoms with Gasteiger partial charge in [0.05, 0.1) is 0 Å². The summed E-state index contributed by atoms with van der Waals surface area (Å²) in [5.74, 6) is -0.410. The second-order valence-electron chi connectivity index (χ2n) is 10.3. The molecule has 0 heterocycles. The number of hydrogen-bond donors (Lipinski definition) is 0. The molecule has 0 bridgehead atoms. The van der Waals surface area contributed by atoms with Crippen LogP contribution in [0.25, 0.3) is 34.4 Å². The van der Waals surface area contributed by atoms with E-state index >= 15 is 0 Å². The summed E-state index contributed by atoms with van der Waals surface area (Å²) in [6, 6.07) is 29.1. The number of fused-ring (bicyclic) bond motifs is 2. The summed E-state index contributed by atoms with van der Waals surface area (Å²) in [7, 11) is -1.94. The molecule has 3 heteroatoms. The molecule has 6 rings (SSSR count). The van der Waals surface area contributed by atoms with Crippen LogP contribution in [0.4, 0.5) is 8.78 Å². The highest BCUT2D eigenvalue weighted by Crippen LogP contribution is 2.46. The minimum atomic E-state index is -1.94. The van der Waals surface area contributed by atoms with E-state index in [0.717, 1.165) is 24.0 Å². The second-order valence-corrected chi connectivity index (χ2v) is 15.1. The Morgan fingerprint density at radius 2 is 0.973 bits per heavy atom. The zero-order chi connectivity index (χ0) is 25.6. The van der Waals surface area contributed by atoms with E-state index < -0.39 is 8.07 Å². The maximum atomic E-state index is 13.6. The summed E-state index contributed by atoms with van der Waals surface area (Å²) in [6.45, 7) is 4.73. The molecule has 0 unspecified atom stereocenters. The van der Waals surface area contributed by atoms with Gasteiger partial charge in [-0.1, -0.05) is 109 Å². The summed E-state index contributed by atoms with van der Waals surface area (Å²) >= 11 is 0. The average Bonchev–Trinajstić information content (AvgIpc) is 3.56. The van der Waals surface area contributed by atoms with Crippen LogP contribution in [0.2, 0.25) is 12.1 Å². The molecule has 0 spiro atoms. The largest absolute Gasteiger partial charge is 0.207 e. The quantitative estimate of drug-likeness (QED) is 0.229. The van der Waals surface area contributed by atoms with Crippen molar-refractivity contribution in [1.29, 1.82) is 0 Å². The fourth-order valence-corrected chi connectivity index (χ4v) is 11.1. The predicted molar refractivity (Wildman–Crippen MR) is 154 cm³/mol. The molecule has 0 aromatic heterocycles. The lowest BCUT2D eigenvalue weighted by Gasteiger charge is -2.33. The summed E-state index contributed by atoms with van der Waals surface area (Å²) in [5.41, 5.74) is 9.84. The molecule has 0 fully saturated rings. The summed E-state index contributed by atoms with van der Waals surface area (Å²) in [5, 5.41) is 3.20. The summed E-state index contributed by atoms with van der Waals surface area (Å²) < 4.78 is 27.2. The third kappa shape index (κ3) is 4.02. The molecular formula is C34H30F2Si. The molecule has 0 radical (unpaired) electrons. The molecule has 0 nitrogen and oxygen atoms in total. The Kier molecular flexibility index (Phi) is 6.04. The number of benzene rings is 4. The van der Waals surface area contributed by atoms with E-state index in [1.54, 1.807) is 34.7 Å². The highest BCUT2D eigenvalue weighted by molar-refractivity contribution is 6.94. The van der Waals surface area contributed by atoms with Gasteiger partial charge in [-0.3, -0.25) is 0 Å². The first-order valence-corrected chi connectivity index (χ1v) is 15.6. The van der Waals surface area contributed by atoms with Crippen molar-refractivity contribution >= 4 is 20.2 Å². The molecule has 0 amide bonds. The monoisotopic (exact) mass is 504 g/mol. The van der Waals surface area contributed by atoms with Gasteiger partial charge < -0.3 is 0 Å². The first-order chi connectivity index (χ1) is 18.0. The fourth-order valence-electron chi connectivity index (χ4n) is 6.48. The first kappa shape index (κ1) is 23.8. The molecule has 2 aliphatic carbocycles. The maximum Gasteiger partial charge on any atom is 0.123 e. The Morgan fingerprint density at radius 1 is 0.568 bits per heavy atom. The van der Waals surface area contributed by atoms with Crippen LogP contribution in [0.15, 0.2) is 95.3 Å². The van der Waals surface area contributed by atoms with Gasteiger partial charge in [-0.2, -0.15) is 0 Å². The number of allylic oxidation sites excluding steroid dienone is 2. The fraction of sp³-hybridized carbons (Fsp3) is 0.176. The third-order valence-electron chi connectivity index (χ3n) is 8.54. The smallest absolute Gasteiger partial charge is 0.123 e. The van der Waals surface area contributed by atoms with Gasteiger partial charge in [-0.25, -0.2) is 8.78 Å². The van der Waals surface area contributed by atoms with Crippen LogP contribution in [-0.2, 0) is 12.8 Å². The number of hydrogen-bond acceptors (Lipinski definition) is 0.